The summed E-state index contributed by atoms with van der Waals surface area (Å²) in [5, 5.41) is 30.8. The number of aromatic amines is 1. The molecule has 2 aliphatic rings. The van der Waals surface area contributed by atoms with Crippen LogP contribution in [-0.4, -0.2) is 96.4 Å². The summed E-state index contributed by atoms with van der Waals surface area (Å²) in [4.78, 5) is 59.3. The molecule has 0 aromatic carbocycles. The summed E-state index contributed by atoms with van der Waals surface area (Å²) in [6, 6.07) is -0.846. The molecule has 0 aliphatic carbocycles. The van der Waals surface area contributed by atoms with Crippen molar-refractivity contribution in [3.8, 4) is 0 Å². The average molecular weight is 541 g/mol. The summed E-state index contributed by atoms with van der Waals surface area (Å²) < 4.78 is 0. The molecule has 4 heterocycles. The Morgan fingerprint density at radius 1 is 1.51 bits per heavy atom. The number of hydrogen-bond acceptors (Lipinski definition) is 12. The molecular formula is C18H20N8O6S3. The molecule has 14 nitrogen and oxygen atoms in total. The van der Waals surface area contributed by atoms with E-state index in [9.17, 15) is 24.3 Å². The van der Waals surface area contributed by atoms with Gasteiger partial charge in [0.1, 0.15) is 34.2 Å². The summed E-state index contributed by atoms with van der Waals surface area (Å²) in [6.45, 7) is 1.92. The predicted octanol–water partition coefficient (Wildman–Crippen LogP) is -0.167. The first-order valence-corrected chi connectivity index (χ1v) is 13.1. The van der Waals surface area contributed by atoms with E-state index in [1.54, 1.807) is 6.92 Å². The Bertz CT molecular complexity index is 1140. The van der Waals surface area contributed by atoms with Gasteiger partial charge in [-0.15, -0.1) is 40.0 Å². The van der Waals surface area contributed by atoms with E-state index in [2.05, 4.69) is 36.2 Å². The van der Waals surface area contributed by atoms with Crippen molar-refractivity contribution in [1.29, 1.82) is 0 Å². The van der Waals surface area contributed by atoms with Crippen LogP contribution in [0.2, 0.25) is 0 Å². The monoisotopic (exact) mass is 540 g/mol. The van der Waals surface area contributed by atoms with Gasteiger partial charge in [0.25, 0.3) is 5.91 Å². The fourth-order valence-corrected chi connectivity index (χ4v) is 6.72. The Balaban J connectivity index is 1.43. The van der Waals surface area contributed by atoms with Crippen molar-refractivity contribution in [2.75, 3.05) is 30.0 Å². The van der Waals surface area contributed by atoms with Crippen LogP contribution >= 0.6 is 34.9 Å². The molecule has 4 rings (SSSR count). The summed E-state index contributed by atoms with van der Waals surface area (Å²) >= 11 is 3.67. The molecule has 2 fully saturated rings. The molecule has 2 aromatic heterocycles. The van der Waals surface area contributed by atoms with Gasteiger partial charge in [0.05, 0.1) is 6.20 Å². The van der Waals surface area contributed by atoms with Gasteiger partial charge >= 0.3 is 5.97 Å². The first-order chi connectivity index (χ1) is 16.9. The lowest BCUT2D eigenvalue weighted by Crippen LogP contribution is -2.74. The minimum absolute atomic E-state index is 0.0203. The zero-order valence-electron chi connectivity index (χ0n) is 18.2. The van der Waals surface area contributed by atoms with Gasteiger partial charge < -0.3 is 25.5 Å². The third-order valence-corrected chi connectivity index (χ3v) is 8.78. The van der Waals surface area contributed by atoms with E-state index in [1.165, 1.54) is 40.0 Å². The van der Waals surface area contributed by atoms with E-state index in [0.717, 1.165) is 11.3 Å². The van der Waals surface area contributed by atoms with E-state index in [1.807, 2.05) is 0 Å². The van der Waals surface area contributed by atoms with Crippen molar-refractivity contribution in [1.82, 2.24) is 30.6 Å². The number of aromatic nitrogens is 4. The van der Waals surface area contributed by atoms with E-state index in [-0.39, 0.29) is 47.1 Å². The number of carboxylic acid groups (broad SMARTS) is 1. The molecule has 0 spiro atoms. The number of oxime groups is 1. The van der Waals surface area contributed by atoms with Crippen LogP contribution in [0.15, 0.2) is 21.8 Å². The lowest BCUT2D eigenvalue weighted by atomic mass is 9.89. The number of thioether (sulfide) groups is 2. The predicted molar refractivity (Wildman–Crippen MR) is 127 cm³/mol. The number of hydrogen-bond donors (Lipinski definition) is 4. The number of H-pyrrole nitrogens is 1. The fourth-order valence-electron chi connectivity index (χ4n) is 3.42. The molecule has 4 N–H and O–H groups in total. The van der Waals surface area contributed by atoms with E-state index in [4.69, 9.17) is 4.84 Å². The van der Waals surface area contributed by atoms with Crippen LogP contribution in [0.5, 0.6) is 0 Å². The summed E-state index contributed by atoms with van der Waals surface area (Å²) in [5.74, 6) is -1.58. The maximum absolute atomic E-state index is 13.0. The smallest absolute Gasteiger partial charge is 0.313 e. The molecule has 2 aliphatic heterocycles. The number of amides is 3. The van der Waals surface area contributed by atoms with E-state index < -0.39 is 28.7 Å². The molecular weight excluding hydrogens is 520 g/mol. The van der Waals surface area contributed by atoms with Gasteiger partial charge in [-0.3, -0.25) is 24.3 Å². The van der Waals surface area contributed by atoms with Gasteiger partial charge in [-0.05, 0) is 6.92 Å². The maximum atomic E-state index is 13.0. The highest BCUT2D eigenvalue weighted by Crippen LogP contribution is 2.44. The van der Waals surface area contributed by atoms with Crippen molar-refractivity contribution in [2.45, 2.75) is 23.4 Å². The topological polar surface area (TPSA) is 192 Å². The van der Waals surface area contributed by atoms with Crippen molar-refractivity contribution in [3.63, 3.8) is 0 Å². The number of carboxylic acids is 1. The molecule has 3 atom stereocenters. The Morgan fingerprint density at radius 2 is 2.34 bits per heavy atom. The van der Waals surface area contributed by atoms with Crippen LogP contribution in [0.25, 0.3) is 0 Å². The first-order valence-electron chi connectivity index (χ1n) is 10.2. The van der Waals surface area contributed by atoms with Crippen LogP contribution in [0.3, 0.4) is 0 Å². The molecule has 2 unspecified atom stereocenters. The van der Waals surface area contributed by atoms with Gasteiger partial charge in [-0.1, -0.05) is 10.4 Å². The van der Waals surface area contributed by atoms with Crippen LogP contribution in [0, 0.1) is 5.41 Å². The Kier molecular flexibility index (Phi) is 7.56. The number of thiazole rings is 1. The second-order valence-corrected chi connectivity index (χ2v) is 10.5. The highest BCUT2D eigenvalue weighted by molar-refractivity contribution is 8.00. The number of fused-ring (bicyclic) bond motifs is 1. The third-order valence-electron chi connectivity index (χ3n) is 5.21. The number of carbonyl (C=O) groups excluding carboxylic acids is 3. The van der Waals surface area contributed by atoms with Gasteiger partial charge in [0, 0.05) is 23.4 Å². The number of rotatable bonds is 11. The largest absolute Gasteiger partial charge is 0.481 e. The van der Waals surface area contributed by atoms with E-state index >= 15 is 0 Å². The molecule has 2 aromatic rings. The second kappa shape index (κ2) is 10.6. The van der Waals surface area contributed by atoms with Crippen molar-refractivity contribution in [2.24, 2.45) is 10.6 Å². The molecule has 35 heavy (non-hydrogen) atoms. The minimum atomic E-state index is -1.16. The number of nitrogens with one attached hydrogen (secondary N) is 3. The zero-order chi connectivity index (χ0) is 25.0. The van der Waals surface area contributed by atoms with Gasteiger partial charge in [-0.2, -0.15) is 0 Å². The van der Waals surface area contributed by atoms with Crippen molar-refractivity contribution in [3.05, 3.63) is 17.3 Å². The average Bonchev–Trinajstić information content (AvgIpc) is 3.54. The summed E-state index contributed by atoms with van der Waals surface area (Å²) in [5.41, 5.74) is -1.12. The second-order valence-electron chi connectivity index (χ2n) is 7.47. The molecule has 2 saturated heterocycles. The first kappa shape index (κ1) is 24.9. The number of aliphatic carboxylic acids is 1. The molecule has 0 radical (unpaired) electrons. The van der Waals surface area contributed by atoms with Crippen molar-refractivity contribution < 1.29 is 29.1 Å². The van der Waals surface area contributed by atoms with Crippen molar-refractivity contribution >= 4 is 69.9 Å². The van der Waals surface area contributed by atoms with Gasteiger partial charge in [0.15, 0.2) is 10.8 Å². The number of anilines is 1. The zero-order valence-corrected chi connectivity index (χ0v) is 20.6. The van der Waals surface area contributed by atoms with E-state index in [0.29, 0.717) is 11.4 Å². The Hall–Kier alpha value is -3.18. The molecule has 0 saturated carbocycles. The number of carbonyl (C=O) groups is 4. The molecule has 3 amide bonds. The molecule has 186 valence electrons. The number of β-lactam (4-membered cyclic amide) rings is 1. The van der Waals surface area contributed by atoms with Gasteiger partial charge in [0.2, 0.25) is 12.3 Å². The van der Waals surface area contributed by atoms with Crippen LogP contribution < -0.4 is 10.6 Å². The Labute approximate surface area is 210 Å². The number of nitrogens with zero attached hydrogens (tertiary/aromatic N) is 5. The third kappa shape index (κ3) is 5.10. The highest BCUT2D eigenvalue weighted by Gasteiger charge is 2.57. The lowest BCUT2D eigenvalue weighted by Gasteiger charge is -2.53. The van der Waals surface area contributed by atoms with Crippen LogP contribution in [-0.2, 0) is 24.0 Å². The highest BCUT2D eigenvalue weighted by atomic mass is 32.2. The quantitative estimate of drug-likeness (QED) is 0.0972. The molecule has 0 bridgehead atoms. The lowest BCUT2D eigenvalue weighted by molar-refractivity contribution is -0.157. The van der Waals surface area contributed by atoms with Gasteiger partial charge in [-0.25, -0.2) is 4.98 Å². The standard InChI is InChI=1S/C18H20N8O6S3/c1-2-32-24-11(9-4-33-17(21-9)19-8-27)13(28)22-12-14(29)26-5-18(16(30)31,7-35-15(12)26)6-34-10-3-20-25-23-10/h3-4,8,12,15H,2,5-7H2,1H3,(H,22,28)(H,30,31)(H,19,21,27)(H,20,23,25)/t12?,15-,18?/m1/s1. The summed E-state index contributed by atoms with van der Waals surface area (Å²) in [7, 11) is 0. The fraction of sp³-hybridized carbons (Fsp3) is 0.444. The van der Waals surface area contributed by atoms with Crippen LogP contribution in [0.4, 0.5) is 5.13 Å². The Morgan fingerprint density at radius 3 is 3.03 bits per heavy atom. The van der Waals surface area contributed by atoms with Crippen LogP contribution in [0.1, 0.15) is 12.6 Å². The minimum Gasteiger partial charge on any atom is -0.481 e. The SMILES string of the molecule is CCON=C(C(=O)NC1C(=O)N2CC(CSc3cnn[nH]3)(C(=O)O)CS[C@H]12)c1csc(NC=O)n1. The maximum Gasteiger partial charge on any atom is 0.313 e. The summed E-state index contributed by atoms with van der Waals surface area (Å²) in [6.07, 6.45) is 1.96. The normalized spacial score (nSPS) is 23.7. The molecule has 17 heteroatoms.